The number of furan rings is 1. The first kappa shape index (κ1) is 19.2. The molecule has 1 aliphatic rings. The SMILES string of the molecule is C=[N+]1C=c2ccccc2=C[C-]1c1cc2c(cc1C)[o+][c-]1cc(-c3ccc(C#N)cc3)ccc21. The van der Waals surface area contributed by atoms with Gasteiger partial charge in [0, 0.05) is 0 Å². The van der Waals surface area contributed by atoms with Crippen LogP contribution in [0, 0.1) is 24.3 Å². The van der Waals surface area contributed by atoms with Crippen molar-refractivity contribution in [3.8, 4) is 17.2 Å². The lowest BCUT2D eigenvalue weighted by Gasteiger charge is -2.19. The third-order valence-electron chi connectivity index (χ3n) is 6.33. The molecule has 3 nitrogen and oxygen atoms in total. The number of benzene rings is 4. The standard InChI is InChI=1S/C30H20N2O/c1-19-13-29-27(16-26(19)28-14-22-5-3-4-6-24(22)18-32(28)2)25-12-11-23(15-30(25)33-29)21-9-7-20(17-31)8-10-21/h3-16,18H,2H2,1H3. The fraction of sp³-hybridized carbons (Fsp3) is 0.0333. The van der Waals surface area contributed by atoms with Gasteiger partial charge in [-0.05, 0) is 51.9 Å². The maximum absolute atomic E-state index is 9.05. The number of rotatable bonds is 2. The molecular formula is C30H20N2O. The zero-order chi connectivity index (χ0) is 22.5. The highest BCUT2D eigenvalue weighted by molar-refractivity contribution is 6.06. The Kier molecular flexibility index (Phi) is 4.21. The van der Waals surface area contributed by atoms with Crippen LogP contribution < -0.4 is 10.4 Å². The lowest BCUT2D eigenvalue weighted by Crippen LogP contribution is -2.33. The topological polar surface area (TPSA) is 38.1 Å². The Morgan fingerprint density at radius 1 is 0.939 bits per heavy atom. The van der Waals surface area contributed by atoms with Crippen LogP contribution in [0.5, 0.6) is 0 Å². The van der Waals surface area contributed by atoms with E-state index in [0.717, 1.165) is 50.2 Å². The first-order valence-electron chi connectivity index (χ1n) is 10.8. The molecule has 6 rings (SSSR count). The van der Waals surface area contributed by atoms with Gasteiger partial charge in [-0.2, -0.15) is 5.26 Å². The Bertz CT molecular complexity index is 1750. The van der Waals surface area contributed by atoms with Crippen molar-refractivity contribution in [2.75, 3.05) is 0 Å². The highest BCUT2D eigenvalue weighted by Gasteiger charge is 2.20. The number of aryl methyl sites for hydroxylation is 1. The molecule has 1 aromatic heterocycles. The van der Waals surface area contributed by atoms with Crippen molar-refractivity contribution in [2.24, 2.45) is 0 Å². The summed E-state index contributed by atoms with van der Waals surface area (Å²) in [5.41, 5.74) is 6.78. The van der Waals surface area contributed by atoms with E-state index in [1.165, 1.54) is 10.4 Å². The van der Waals surface area contributed by atoms with Crippen LogP contribution in [0.4, 0.5) is 0 Å². The second-order valence-corrected chi connectivity index (χ2v) is 8.42. The van der Waals surface area contributed by atoms with Gasteiger partial charge in [0.25, 0.3) is 11.2 Å². The Labute approximate surface area is 191 Å². The van der Waals surface area contributed by atoms with E-state index in [0.29, 0.717) is 5.56 Å². The molecule has 0 atom stereocenters. The molecular weight excluding hydrogens is 404 g/mol. The molecule has 0 saturated carbocycles. The maximum atomic E-state index is 9.05. The van der Waals surface area contributed by atoms with E-state index in [1.807, 2.05) is 34.9 Å². The van der Waals surface area contributed by atoms with E-state index in [1.54, 1.807) is 0 Å². The average molecular weight is 425 g/mol. The summed E-state index contributed by atoms with van der Waals surface area (Å²) in [5, 5.41) is 13.6. The normalized spacial score (nSPS) is 12.8. The Morgan fingerprint density at radius 2 is 1.70 bits per heavy atom. The van der Waals surface area contributed by atoms with Gasteiger partial charge in [0.1, 0.15) is 12.2 Å². The van der Waals surface area contributed by atoms with Crippen molar-refractivity contribution in [1.82, 2.24) is 0 Å². The fourth-order valence-corrected chi connectivity index (χ4v) is 4.58. The molecule has 33 heavy (non-hydrogen) atoms. The van der Waals surface area contributed by atoms with Crippen LogP contribution in [-0.2, 0) is 0 Å². The van der Waals surface area contributed by atoms with Crippen LogP contribution in [0.2, 0.25) is 0 Å². The molecule has 0 spiro atoms. The van der Waals surface area contributed by atoms with Gasteiger partial charge in [0.15, 0.2) is 0 Å². The number of fused-ring (bicyclic) bond motifs is 4. The molecule has 1 aliphatic heterocycles. The van der Waals surface area contributed by atoms with Gasteiger partial charge in [0.05, 0.1) is 18.4 Å². The summed E-state index contributed by atoms with van der Waals surface area (Å²) in [6.07, 6.45) is 4.27. The van der Waals surface area contributed by atoms with Gasteiger partial charge in [-0.3, -0.25) is 8.99 Å². The van der Waals surface area contributed by atoms with E-state index in [-0.39, 0.29) is 0 Å². The Morgan fingerprint density at radius 3 is 2.48 bits per heavy atom. The second kappa shape index (κ2) is 7.25. The largest absolute Gasteiger partial charge is 0.287 e. The van der Waals surface area contributed by atoms with Crippen molar-refractivity contribution in [2.45, 2.75) is 6.92 Å². The molecule has 0 bridgehead atoms. The third kappa shape index (κ3) is 3.12. The molecule has 0 amide bonds. The molecule has 2 heterocycles. The van der Waals surface area contributed by atoms with E-state index < -0.39 is 0 Å². The van der Waals surface area contributed by atoms with Gasteiger partial charge in [-0.25, -0.2) is 0 Å². The summed E-state index contributed by atoms with van der Waals surface area (Å²) >= 11 is 0. The smallest absolute Gasteiger partial charge is 0.278 e. The molecule has 0 aliphatic carbocycles. The van der Waals surface area contributed by atoms with E-state index in [9.17, 15) is 0 Å². The highest BCUT2D eigenvalue weighted by atomic mass is 16.3. The summed E-state index contributed by atoms with van der Waals surface area (Å²) in [5.74, 6) is 0. The number of hydrogen-bond acceptors (Lipinski definition) is 1. The van der Waals surface area contributed by atoms with Gasteiger partial charge >= 0.3 is 0 Å². The van der Waals surface area contributed by atoms with Crippen LogP contribution in [0.25, 0.3) is 45.3 Å². The van der Waals surface area contributed by atoms with Crippen LogP contribution in [0.15, 0.2) is 83.3 Å². The second-order valence-electron chi connectivity index (χ2n) is 8.42. The summed E-state index contributed by atoms with van der Waals surface area (Å²) < 4.78 is 8.20. The summed E-state index contributed by atoms with van der Waals surface area (Å²) in [6, 6.07) is 29.8. The van der Waals surface area contributed by atoms with Gasteiger partial charge < -0.3 is 0 Å². The van der Waals surface area contributed by atoms with Crippen molar-refractivity contribution in [1.29, 1.82) is 5.26 Å². The maximum Gasteiger partial charge on any atom is 0.278 e. The minimum atomic E-state index is 0.655. The molecule has 0 N–H and O–H groups in total. The molecule has 156 valence electrons. The van der Waals surface area contributed by atoms with Crippen LogP contribution in [-0.4, -0.2) is 11.3 Å². The zero-order valence-electron chi connectivity index (χ0n) is 18.2. The lowest BCUT2D eigenvalue weighted by atomic mass is 9.95. The van der Waals surface area contributed by atoms with Gasteiger partial charge in [0.2, 0.25) is 0 Å². The van der Waals surface area contributed by atoms with Crippen molar-refractivity contribution in [3.05, 3.63) is 112 Å². The van der Waals surface area contributed by atoms with Crippen LogP contribution >= 0.6 is 0 Å². The Balaban J connectivity index is 1.48. The molecule has 3 heteroatoms. The van der Waals surface area contributed by atoms with Gasteiger partial charge in [-0.15, -0.1) is 18.2 Å². The van der Waals surface area contributed by atoms with Crippen molar-refractivity contribution < 1.29 is 8.99 Å². The molecule has 4 aromatic carbocycles. The minimum absolute atomic E-state index is 0.655. The summed E-state index contributed by atoms with van der Waals surface area (Å²) in [6.45, 7) is 6.36. The summed E-state index contributed by atoms with van der Waals surface area (Å²) in [7, 11) is 0. The predicted molar refractivity (Wildman–Crippen MR) is 133 cm³/mol. The highest BCUT2D eigenvalue weighted by Crippen LogP contribution is 2.36. The van der Waals surface area contributed by atoms with Crippen molar-refractivity contribution >= 4 is 40.9 Å². The first-order chi connectivity index (χ1) is 16.1. The monoisotopic (exact) mass is 424 g/mol. The molecule has 0 unspecified atom stereocenters. The summed E-state index contributed by atoms with van der Waals surface area (Å²) in [4.78, 5) is 0. The van der Waals surface area contributed by atoms with E-state index in [2.05, 4.69) is 80.5 Å². The van der Waals surface area contributed by atoms with Crippen molar-refractivity contribution in [3.63, 3.8) is 0 Å². The molecule has 0 fully saturated rings. The first-order valence-corrected chi connectivity index (χ1v) is 10.8. The van der Waals surface area contributed by atoms with Crippen LogP contribution in [0.3, 0.4) is 0 Å². The third-order valence-corrected chi connectivity index (χ3v) is 6.33. The quantitative estimate of drug-likeness (QED) is 0.220. The predicted octanol–water partition coefficient (Wildman–Crippen LogP) is 5.26. The fourth-order valence-electron chi connectivity index (χ4n) is 4.58. The molecule has 0 radical (unpaired) electrons. The number of hydrogen-bond donors (Lipinski definition) is 0. The molecule has 5 aromatic rings. The van der Waals surface area contributed by atoms with Gasteiger partial charge in [-0.1, -0.05) is 65.2 Å². The average Bonchev–Trinajstić information content (AvgIpc) is 3.19. The lowest BCUT2D eigenvalue weighted by molar-refractivity contribution is -0.376. The zero-order valence-corrected chi connectivity index (χ0v) is 18.2. The van der Waals surface area contributed by atoms with E-state index >= 15 is 0 Å². The molecule has 0 saturated heterocycles. The van der Waals surface area contributed by atoms with Crippen LogP contribution in [0.1, 0.15) is 16.7 Å². The Hall–Kier alpha value is -4.55. The number of nitriles is 1. The number of nitrogens with zero attached hydrogens (tertiary/aromatic N) is 2. The minimum Gasteiger partial charge on any atom is -0.287 e. The van der Waals surface area contributed by atoms with E-state index in [4.69, 9.17) is 9.68 Å².